The van der Waals surface area contributed by atoms with E-state index in [1.807, 2.05) is 85.2 Å². The van der Waals surface area contributed by atoms with E-state index >= 15 is 0 Å². The van der Waals surface area contributed by atoms with E-state index in [1.54, 1.807) is 19.0 Å². The monoisotopic (exact) mass is 318 g/mol. The minimum absolute atomic E-state index is 0.134. The summed E-state index contributed by atoms with van der Waals surface area (Å²) in [5, 5.41) is 3.28. The van der Waals surface area contributed by atoms with Gasteiger partial charge in [-0.3, -0.25) is 9.80 Å². The SMILES string of the molecule is C=C(C)C(=O)N(C)N(C=Cc1ccccc1)C=Cc1ccccc1. The lowest BCUT2D eigenvalue weighted by atomic mass is 10.2. The first kappa shape index (κ1) is 17.3. The van der Waals surface area contributed by atoms with Crippen LogP contribution in [0.3, 0.4) is 0 Å². The van der Waals surface area contributed by atoms with Crippen molar-refractivity contribution in [1.29, 1.82) is 0 Å². The Morgan fingerprint density at radius 2 is 1.29 bits per heavy atom. The van der Waals surface area contributed by atoms with Gasteiger partial charge in [-0.05, 0) is 30.2 Å². The minimum atomic E-state index is -0.134. The molecule has 0 atom stereocenters. The van der Waals surface area contributed by atoms with Gasteiger partial charge in [0.05, 0.1) is 0 Å². The third-order valence-corrected chi connectivity index (χ3v) is 3.44. The lowest BCUT2D eigenvalue weighted by Crippen LogP contribution is -2.37. The summed E-state index contributed by atoms with van der Waals surface area (Å²) in [5.41, 5.74) is 2.61. The maximum absolute atomic E-state index is 12.2. The molecule has 0 heterocycles. The van der Waals surface area contributed by atoms with Gasteiger partial charge in [0.25, 0.3) is 5.91 Å². The van der Waals surface area contributed by atoms with E-state index in [4.69, 9.17) is 0 Å². The number of rotatable bonds is 6. The third-order valence-electron chi connectivity index (χ3n) is 3.44. The molecule has 0 aliphatic carbocycles. The zero-order valence-electron chi connectivity index (χ0n) is 14.1. The number of hydrazine groups is 1. The Labute approximate surface area is 143 Å². The van der Waals surface area contributed by atoms with Crippen LogP contribution in [0, 0.1) is 0 Å². The van der Waals surface area contributed by atoms with Crippen molar-refractivity contribution in [3.8, 4) is 0 Å². The van der Waals surface area contributed by atoms with Crippen LogP contribution in [0.1, 0.15) is 18.1 Å². The number of amides is 1. The van der Waals surface area contributed by atoms with Crippen LogP contribution < -0.4 is 0 Å². The molecule has 3 heteroatoms. The second kappa shape index (κ2) is 8.53. The molecule has 0 saturated heterocycles. The summed E-state index contributed by atoms with van der Waals surface area (Å²) in [4.78, 5) is 12.2. The van der Waals surface area contributed by atoms with E-state index in [9.17, 15) is 4.79 Å². The predicted molar refractivity (Wildman–Crippen MR) is 100 cm³/mol. The van der Waals surface area contributed by atoms with E-state index in [0.717, 1.165) is 11.1 Å². The van der Waals surface area contributed by atoms with Crippen LogP contribution in [0.5, 0.6) is 0 Å². The standard InChI is InChI=1S/C21H22N2O/c1-18(2)21(24)22(3)23(16-14-19-10-6-4-7-11-19)17-15-20-12-8-5-9-13-20/h4-17H,1H2,2-3H3. The van der Waals surface area contributed by atoms with Crippen LogP contribution in [0.25, 0.3) is 12.2 Å². The van der Waals surface area contributed by atoms with Crippen molar-refractivity contribution in [2.75, 3.05) is 7.05 Å². The lowest BCUT2D eigenvalue weighted by Gasteiger charge is -2.28. The van der Waals surface area contributed by atoms with Gasteiger partial charge in [0.2, 0.25) is 0 Å². The van der Waals surface area contributed by atoms with Gasteiger partial charge in [0, 0.05) is 25.0 Å². The fourth-order valence-corrected chi connectivity index (χ4v) is 2.08. The van der Waals surface area contributed by atoms with Crippen molar-refractivity contribution in [1.82, 2.24) is 10.0 Å². The van der Waals surface area contributed by atoms with Crippen LogP contribution in [-0.4, -0.2) is 23.0 Å². The van der Waals surface area contributed by atoms with Crippen LogP contribution >= 0.6 is 0 Å². The molecule has 2 rings (SSSR count). The molecule has 0 bridgehead atoms. The molecule has 0 saturated carbocycles. The molecule has 0 radical (unpaired) electrons. The lowest BCUT2D eigenvalue weighted by molar-refractivity contribution is -0.134. The van der Waals surface area contributed by atoms with Crippen molar-refractivity contribution >= 4 is 18.1 Å². The van der Waals surface area contributed by atoms with Crippen molar-refractivity contribution < 1.29 is 4.79 Å². The predicted octanol–water partition coefficient (Wildman–Crippen LogP) is 4.58. The minimum Gasteiger partial charge on any atom is -0.268 e. The van der Waals surface area contributed by atoms with Crippen molar-refractivity contribution in [2.24, 2.45) is 0 Å². The first-order chi connectivity index (χ1) is 11.6. The normalized spacial score (nSPS) is 10.9. The van der Waals surface area contributed by atoms with Crippen LogP contribution in [0.4, 0.5) is 0 Å². The summed E-state index contributed by atoms with van der Waals surface area (Å²) in [5.74, 6) is -0.134. The van der Waals surface area contributed by atoms with Crippen LogP contribution in [0.15, 0.2) is 85.2 Å². The summed E-state index contributed by atoms with van der Waals surface area (Å²) in [7, 11) is 1.72. The molecule has 0 aliphatic rings. The number of hydrogen-bond donors (Lipinski definition) is 0. The largest absolute Gasteiger partial charge is 0.268 e. The Balaban J connectivity index is 2.23. The average molecular weight is 318 g/mol. The quantitative estimate of drug-likeness (QED) is 0.575. The molecule has 0 unspecified atom stereocenters. The van der Waals surface area contributed by atoms with Gasteiger partial charge in [0.15, 0.2) is 0 Å². The highest BCUT2D eigenvalue weighted by Gasteiger charge is 2.12. The van der Waals surface area contributed by atoms with Crippen LogP contribution in [0.2, 0.25) is 0 Å². The fourth-order valence-electron chi connectivity index (χ4n) is 2.08. The Kier molecular flexibility index (Phi) is 6.15. The summed E-state index contributed by atoms with van der Waals surface area (Å²) in [6, 6.07) is 19.9. The summed E-state index contributed by atoms with van der Waals surface area (Å²) >= 11 is 0. The summed E-state index contributed by atoms with van der Waals surface area (Å²) in [6.45, 7) is 5.44. The Morgan fingerprint density at radius 3 is 1.67 bits per heavy atom. The maximum Gasteiger partial charge on any atom is 0.267 e. The van der Waals surface area contributed by atoms with Crippen LogP contribution in [-0.2, 0) is 4.79 Å². The molecule has 24 heavy (non-hydrogen) atoms. The smallest absolute Gasteiger partial charge is 0.267 e. The number of carbonyl (C=O) groups is 1. The molecule has 0 N–H and O–H groups in total. The van der Waals surface area contributed by atoms with Gasteiger partial charge in [-0.1, -0.05) is 67.2 Å². The van der Waals surface area contributed by atoms with Gasteiger partial charge in [0.1, 0.15) is 0 Å². The van der Waals surface area contributed by atoms with Crippen molar-refractivity contribution in [3.63, 3.8) is 0 Å². The third kappa shape index (κ3) is 4.99. The van der Waals surface area contributed by atoms with Crippen molar-refractivity contribution in [3.05, 3.63) is 96.3 Å². The van der Waals surface area contributed by atoms with E-state index in [1.165, 1.54) is 5.01 Å². The molecule has 3 nitrogen and oxygen atoms in total. The van der Waals surface area contributed by atoms with E-state index < -0.39 is 0 Å². The molecule has 2 aromatic rings. The Hall–Kier alpha value is -3.07. The molecule has 0 aliphatic heterocycles. The highest BCUT2D eigenvalue weighted by atomic mass is 16.2. The molecule has 122 valence electrons. The number of hydrogen-bond acceptors (Lipinski definition) is 2. The molecular formula is C21H22N2O. The highest BCUT2D eigenvalue weighted by Crippen LogP contribution is 2.10. The molecule has 0 spiro atoms. The van der Waals surface area contributed by atoms with Gasteiger partial charge < -0.3 is 0 Å². The zero-order valence-corrected chi connectivity index (χ0v) is 14.1. The van der Waals surface area contributed by atoms with Gasteiger partial charge in [-0.25, -0.2) is 5.01 Å². The highest BCUT2D eigenvalue weighted by molar-refractivity contribution is 5.91. The molecule has 1 amide bonds. The number of likely N-dealkylation sites (N-methyl/N-ethyl adjacent to an activating group) is 1. The summed E-state index contributed by atoms with van der Waals surface area (Å²) < 4.78 is 0. The molecular weight excluding hydrogens is 296 g/mol. The first-order valence-electron chi connectivity index (χ1n) is 7.76. The molecule has 0 aromatic heterocycles. The zero-order chi connectivity index (χ0) is 17.4. The van der Waals surface area contributed by atoms with E-state index in [-0.39, 0.29) is 5.91 Å². The maximum atomic E-state index is 12.2. The summed E-state index contributed by atoms with van der Waals surface area (Å²) in [6.07, 6.45) is 7.63. The topological polar surface area (TPSA) is 23.6 Å². The second-order valence-electron chi connectivity index (χ2n) is 5.44. The van der Waals surface area contributed by atoms with Crippen molar-refractivity contribution in [2.45, 2.75) is 6.92 Å². The van der Waals surface area contributed by atoms with Gasteiger partial charge in [-0.2, -0.15) is 0 Å². The van der Waals surface area contributed by atoms with Gasteiger partial charge in [-0.15, -0.1) is 0 Å². The fraction of sp³-hybridized carbons (Fsp3) is 0.0952. The Morgan fingerprint density at radius 1 is 0.875 bits per heavy atom. The second-order valence-corrected chi connectivity index (χ2v) is 5.44. The number of benzene rings is 2. The van der Waals surface area contributed by atoms with E-state index in [2.05, 4.69) is 6.58 Å². The Bertz CT molecular complexity index is 683. The molecule has 2 aromatic carbocycles. The molecule has 0 fully saturated rings. The van der Waals surface area contributed by atoms with E-state index in [0.29, 0.717) is 5.57 Å². The number of carbonyl (C=O) groups excluding carboxylic acids is 1. The van der Waals surface area contributed by atoms with Gasteiger partial charge >= 0.3 is 0 Å². The average Bonchev–Trinajstić information content (AvgIpc) is 2.62. The first-order valence-corrected chi connectivity index (χ1v) is 7.76. The number of nitrogens with zero attached hydrogens (tertiary/aromatic N) is 2.